The van der Waals surface area contributed by atoms with Crippen molar-refractivity contribution in [1.29, 1.82) is 0 Å². The van der Waals surface area contributed by atoms with E-state index in [9.17, 15) is 21.6 Å². The van der Waals surface area contributed by atoms with E-state index in [0.717, 1.165) is 37.3 Å². The number of aryl methyl sites for hydroxylation is 2. The van der Waals surface area contributed by atoms with Crippen molar-refractivity contribution in [3.05, 3.63) is 48.0 Å². The van der Waals surface area contributed by atoms with Crippen LogP contribution in [0, 0.1) is 6.92 Å². The summed E-state index contributed by atoms with van der Waals surface area (Å²) in [5.41, 5.74) is 1.01. The topological polar surface area (TPSA) is 55.2 Å². The zero-order valence-electron chi connectivity index (χ0n) is 17.1. The molecule has 1 aliphatic heterocycles. The third-order valence-electron chi connectivity index (χ3n) is 5.62. The first-order chi connectivity index (χ1) is 14.1. The summed E-state index contributed by atoms with van der Waals surface area (Å²) in [6.07, 6.45) is 0.398. The lowest BCUT2D eigenvalue weighted by atomic mass is 9.95. The molecule has 5 nitrogen and oxygen atoms in total. The number of halogens is 3. The molecule has 0 amide bonds. The zero-order valence-corrected chi connectivity index (χ0v) is 17.9. The highest BCUT2D eigenvalue weighted by molar-refractivity contribution is 7.91. The van der Waals surface area contributed by atoms with Gasteiger partial charge in [0.1, 0.15) is 5.82 Å². The van der Waals surface area contributed by atoms with E-state index in [1.807, 2.05) is 11.5 Å². The van der Waals surface area contributed by atoms with E-state index in [-0.39, 0.29) is 18.1 Å². The van der Waals surface area contributed by atoms with Gasteiger partial charge in [-0.15, -0.1) is 0 Å². The average molecular weight is 444 g/mol. The molecule has 0 bridgehead atoms. The van der Waals surface area contributed by atoms with Crippen molar-refractivity contribution in [1.82, 2.24) is 14.5 Å². The Morgan fingerprint density at radius 3 is 2.40 bits per heavy atom. The van der Waals surface area contributed by atoms with E-state index in [1.54, 1.807) is 36.7 Å². The Hall–Kier alpha value is -1.87. The van der Waals surface area contributed by atoms with Crippen LogP contribution in [0.3, 0.4) is 0 Å². The van der Waals surface area contributed by atoms with Crippen LogP contribution in [-0.2, 0) is 16.4 Å². The number of hydrogen-bond donors (Lipinski definition) is 0. The first-order valence-electron chi connectivity index (χ1n) is 10.2. The van der Waals surface area contributed by atoms with Crippen LogP contribution >= 0.6 is 0 Å². The van der Waals surface area contributed by atoms with Gasteiger partial charge in [-0.2, -0.15) is 13.2 Å². The molecule has 2 aromatic rings. The second kappa shape index (κ2) is 9.51. The molecule has 166 valence electrons. The number of nitrogens with zero attached hydrogens (tertiary/aromatic N) is 3. The Kier molecular flexibility index (Phi) is 7.23. The molecule has 30 heavy (non-hydrogen) atoms. The Morgan fingerprint density at radius 2 is 1.77 bits per heavy atom. The predicted octanol–water partition coefficient (Wildman–Crippen LogP) is 4.19. The fourth-order valence-corrected chi connectivity index (χ4v) is 5.09. The Bertz CT molecular complexity index is 916. The predicted molar refractivity (Wildman–Crippen MR) is 109 cm³/mol. The molecule has 2 heterocycles. The van der Waals surface area contributed by atoms with E-state index in [4.69, 9.17) is 0 Å². The van der Waals surface area contributed by atoms with E-state index in [1.165, 1.54) is 0 Å². The van der Waals surface area contributed by atoms with Crippen molar-refractivity contribution < 1.29 is 21.6 Å². The van der Waals surface area contributed by atoms with Gasteiger partial charge < -0.3 is 9.47 Å². The molecule has 1 saturated heterocycles. The minimum absolute atomic E-state index is 0.00426. The summed E-state index contributed by atoms with van der Waals surface area (Å²) in [7, 11) is -3.38. The van der Waals surface area contributed by atoms with Gasteiger partial charge in [-0.05, 0) is 58.0 Å². The van der Waals surface area contributed by atoms with Crippen molar-refractivity contribution in [3.63, 3.8) is 0 Å². The number of piperidine rings is 1. The van der Waals surface area contributed by atoms with E-state index in [0.29, 0.717) is 18.0 Å². The number of alkyl halides is 3. The lowest BCUT2D eigenvalue weighted by Crippen LogP contribution is -2.35. The highest BCUT2D eigenvalue weighted by atomic mass is 32.2. The molecular weight excluding hydrogens is 415 g/mol. The molecule has 9 heteroatoms. The smallest absolute Gasteiger partial charge is 0.334 e. The SMILES string of the molecule is Cc1ccc(S(=O)(=O)CCn2ccnc2C2CCN(CCCC(F)(F)F)CC2)cc1. The maximum absolute atomic E-state index is 12.6. The molecule has 3 rings (SSSR count). The van der Waals surface area contributed by atoms with Crippen molar-refractivity contribution in [2.75, 3.05) is 25.4 Å². The monoisotopic (exact) mass is 443 g/mol. The Morgan fingerprint density at radius 1 is 1.10 bits per heavy atom. The van der Waals surface area contributed by atoms with Crippen LogP contribution in [0.4, 0.5) is 13.2 Å². The molecule has 0 aliphatic carbocycles. The van der Waals surface area contributed by atoms with Gasteiger partial charge in [0.25, 0.3) is 0 Å². The normalized spacial score (nSPS) is 16.8. The third kappa shape index (κ3) is 6.31. The van der Waals surface area contributed by atoms with Crippen LogP contribution in [0.5, 0.6) is 0 Å². The van der Waals surface area contributed by atoms with Gasteiger partial charge >= 0.3 is 6.18 Å². The van der Waals surface area contributed by atoms with Gasteiger partial charge in [0.15, 0.2) is 9.84 Å². The highest BCUT2D eigenvalue weighted by Crippen LogP contribution is 2.28. The summed E-state index contributed by atoms with van der Waals surface area (Å²) in [6.45, 7) is 4.16. The van der Waals surface area contributed by atoms with Crippen molar-refractivity contribution in [2.24, 2.45) is 0 Å². The Balaban J connectivity index is 1.53. The molecule has 0 radical (unpaired) electrons. The molecule has 0 spiro atoms. The first kappa shape index (κ1) is 22.8. The van der Waals surface area contributed by atoms with E-state index in [2.05, 4.69) is 9.88 Å². The van der Waals surface area contributed by atoms with Crippen LogP contribution < -0.4 is 0 Å². The maximum Gasteiger partial charge on any atom is 0.389 e. The lowest BCUT2D eigenvalue weighted by molar-refractivity contribution is -0.136. The number of aromatic nitrogens is 2. The first-order valence-corrected chi connectivity index (χ1v) is 11.9. The minimum atomic E-state index is -4.10. The molecular formula is C21H28F3N3O2S. The van der Waals surface area contributed by atoms with Crippen LogP contribution in [0.25, 0.3) is 0 Å². The largest absolute Gasteiger partial charge is 0.389 e. The quantitative estimate of drug-likeness (QED) is 0.614. The lowest BCUT2D eigenvalue weighted by Gasteiger charge is -2.32. The fourth-order valence-electron chi connectivity index (χ4n) is 3.87. The number of imidazole rings is 1. The molecule has 1 fully saturated rings. The van der Waals surface area contributed by atoms with Crippen molar-refractivity contribution in [3.8, 4) is 0 Å². The van der Waals surface area contributed by atoms with Gasteiger partial charge in [-0.25, -0.2) is 13.4 Å². The summed E-state index contributed by atoms with van der Waals surface area (Å²) in [5, 5.41) is 0. The Labute approximate surface area is 175 Å². The summed E-state index contributed by atoms with van der Waals surface area (Å²) >= 11 is 0. The van der Waals surface area contributed by atoms with Gasteiger partial charge in [0.05, 0.1) is 10.6 Å². The molecule has 0 N–H and O–H groups in total. The van der Waals surface area contributed by atoms with Crippen LogP contribution in [0.2, 0.25) is 0 Å². The molecule has 0 saturated carbocycles. The molecule has 0 atom stereocenters. The van der Waals surface area contributed by atoms with Crippen LogP contribution in [0.15, 0.2) is 41.6 Å². The molecule has 1 aromatic heterocycles. The average Bonchev–Trinajstić information content (AvgIpc) is 3.15. The number of hydrogen-bond acceptors (Lipinski definition) is 4. The summed E-state index contributed by atoms with van der Waals surface area (Å²) < 4.78 is 64.1. The summed E-state index contributed by atoms with van der Waals surface area (Å²) in [6, 6.07) is 6.85. The summed E-state index contributed by atoms with van der Waals surface area (Å²) in [5.74, 6) is 1.06. The second-order valence-electron chi connectivity index (χ2n) is 7.95. The van der Waals surface area contributed by atoms with Gasteiger partial charge in [-0.1, -0.05) is 17.7 Å². The van der Waals surface area contributed by atoms with Gasteiger partial charge in [-0.3, -0.25) is 0 Å². The number of likely N-dealkylation sites (tertiary alicyclic amines) is 1. The second-order valence-corrected chi connectivity index (χ2v) is 10.1. The van der Waals surface area contributed by atoms with Crippen molar-refractivity contribution >= 4 is 9.84 Å². The standard InChI is InChI=1S/C21H28F3N3O2S/c1-17-3-5-19(6-4-17)30(28,29)16-15-27-14-10-25-20(27)18-7-12-26(13-8-18)11-2-9-21(22,23)24/h3-6,10,14,18H,2,7-9,11-13,15-16H2,1H3. The van der Waals surface area contributed by atoms with Crippen LogP contribution in [0.1, 0.15) is 43.0 Å². The van der Waals surface area contributed by atoms with E-state index < -0.39 is 22.4 Å². The minimum Gasteiger partial charge on any atom is -0.334 e. The summed E-state index contributed by atoms with van der Waals surface area (Å²) in [4.78, 5) is 6.83. The maximum atomic E-state index is 12.6. The van der Waals surface area contributed by atoms with Crippen LogP contribution in [-0.4, -0.2) is 54.4 Å². The number of benzene rings is 1. The molecule has 1 aliphatic rings. The third-order valence-corrected chi connectivity index (χ3v) is 7.33. The zero-order chi connectivity index (χ0) is 21.8. The molecule has 0 unspecified atom stereocenters. The van der Waals surface area contributed by atoms with Gasteiger partial charge in [0.2, 0.25) is 0 Å². The van der Waals surface area contributed by atoms with Crippen molar-refractivity contribution in [2.45, 2.75) is 56.1 Å². The molecule has 1 aromatic carbocycles. The highest BCUT2D eigenvalue weighted by Gasteiger charge is 2.28. The number of rotatable bonds is 8. The number of sulfone groups is 1. The fraction of sp³-hybridized carbons (Fsp3) is 0.571. The van der Waals surface area contributed by atoms with Gasteiger partial charge in [0, 0.05) is 31.3 Å². The van der Waals surface area contributed by atoms with E-state index >= 15 is 0 Å².